The van der Waals surface area contributed by atoms with Crippen LogP contribution < -0.4 is 10.1 Å². The van der Waals surface area contributed by atoms with Crippen molar-refractivity contribution < 1.29 is 17.9 Å². The van der Waals surface area contributed by atoms with Crippen LogP contribution in [0.5, 0.6) is 5.75 Å². The molecular formula is C25H26N2O4S. The number of benzene rings is 3. The molecule has 1 heterocycles. The van der Waals surface area contributed by atoms with Crippen molar-refractivity contribution in [3.63, 3.8) is 0 Å². The summed E-state index contributed by atoms with van der Waals surface area (Å²) in [5.41, 5.74) is 3.00. The Balaban J connectivity index is 1.54. The standard InChI is InChI=1S/C25H26N2O4S/c1-31-24-13-12-22(17-21(24)16-19-8-3-2-4-9-19)26-25(28)20-10-7-11-23(18-20)32(29,30)27-14-5-6-15-27/h2-4,7-13,17-18H,5-6,14-16H2,1H3,(H,26,28). The predicted octanol–water partition coefficient (Wildman–Crippen LogP) is 4.32. The maximum absolute atomic E-state index is 12.9. The van der Waals surface area contributed by atoms with Gasteiger partial charge >= 0.3 is 0 Å². The van der Waals surface area contributed by atoms with E-state index < -0.39 is 10.0 Å². The Morgan fingerprint density at radius 1 is 0.969 bits per heavy atom. The van der Waals surface area contributed by atoms with Crippen molar-refractivity contribution in [1.82, 2.24) is 4.31 Å². The Kier molecular flexibility index (Phi) is 6.58. The number of amides is 1. The Morgan fingerprint density at radius 2 is 1.72 bits per heavy atom. The number of methoxy groups -OCH3 is 1. The van der Waals surface area contributed by atoms with Crippen molar-refractivity contribution in [2.24, 2.45) is 0 Å². The molecule has 166 valence electrons. The predicted molar refractivity (Wildman–Crippen MR) is 125 cm³/mol. The lowest BCUT2D eigenvalue weighted by atomic mass is 10.0. The molecule has 7 heteroatoms. The van der Waals surface area contributed by atoms with Crippen molar-refractivity contribution in [3.05, 3.63) is 89.5 Å². The molecule has 1 aliphatic heterocycles. The summed E-state index contributed by atoms with van der Waals surface area (Å²) in [6.07, 6.45) is 2.39. The van der Waals surface area contributed by atoms with Crippen LogP contribution in [0.25, 0.3) is 0 Å². The van der Waals surface area contributed by atoms with Gasteiger partial charge in [0.15, 0.2) is 0 Å². The molecule has 4 rings (SSSR count). The molecule has 1 N–H and O–H groups in total. The number of nitrogens with one attached hydrogen (secondary N) is 1. The average Bonchev–Trinajstić information content (AvgIpc) is 3.36. The molecular weight excluding hydrogens is 424 g/mol. The lowest BCUT2D eigenvalue weighted by Crippen LogP contribution is -2.28. The van der Waals surface area contributed by atoms with Crippen LogP contribution >= 0.6 is 0 Å². The first kappa shape index (κ1) is 22.0. The van der Waals surface area contributed by atoms with Gasteiger partial charge in [-0.2, -0.15) is 4.31 Å². The maximum Gasteiger partial charge on any atom is 0.255 e. The highest BCUT2D eigenvalue weighted by Gasteiger charge is 2.27. The summed E-state index contributed by atoms with van der Waals surface area (Å²) < 4.78 is 32.6. The molecule has 0 aromatic heterocycles. The van der Waals surface area contributed by atoms with Crippen LogP contribution in [0, 0.1) is 0 Å². The molecule has 0 spiro atoms. The molecule has 1 fully saturated rings. The molecule has 0 radical (unpaired) electrons. The summed E-state index contributed by atoms with van der Waals surface area (Å²) in [7, 11) is -1.96. The topological polar surface area (TPSA) is 75.7 Å². The zero-order valence-corrected chi connectivity index (χ0v) is 18.8. The van der Waals surface area contributed by atoms with Gasteiger partial charge in [-0.25, -0.2) is 8.42 Å². The van der Waals surface area contributed by atoms with Gasteiger partial charge in [0.25, 0.3) is 5.91 Å². The summed E-state index contributed by atoms with van der Waals surface area (Å²) >= 11 is 0. The molecule has 3 aromatic rings. The number of carbonyl (C=O) groups is 1. The van der Waals surface area contributed by atoms with Gasteiger partial charge in [0.05, 0.1) is 12.0 Å². The van der Waals surface area contributed by atoms with Crippen LogP contribution in [0.2, 0.25) is 0 Å². The smallest absolute Gasteiger partial charge is 0.255 e. The Labute approximate surface area is 188 Å². The van der Waals surface area contributed by atoms with Gasteiger partial charge < -0.3 is 10.1 Å². The quantitative estimate of drug-likeness (QED) is 0.582. The monoisotopic (exact) mass is 450 g/mol. The third kappa shape index (κ3) is 4.84. The molecule has 0 bridgehead atoms. The van der Waals surface area contributed by atoms with Crippen LogP contribution in [0.15, 0.2) is 77.7 Å². The maximum atomic E-state index is 12.9. The van der Waals surface area contributed by atoms with Gasteiger partial charge in [-0.1, -0.05) is 36.4 Å². The van der Waals surface area contributed by atoms with Gasteiger partial charge in [-0.15, -0.1) is 0 Å². The van der Waals surface area contributed by atoms with E-state index in [0.717, 1.165) is 29.7 Å². The highest BCUT2D eigenvalue weighted by molar-refractivity contribution is 7.89. The van der Waals surface area contributed by atoms with Crippen molar-refractivity contribution in [2.45, 2.75) is 24.2 Å². The molecule has 0 aliphatic carbocycles. The highest BCUT2D eigenvalue weighted by Crippen LogP contribution is 2.26. The van der Waals surface area contributed by atoms with E-state index in [2.05, 4.69) is 5.32 Å². The molecule has 0 saturated carbocycles. The summed E-state index contributed by atoms with van der Waals surface area (Å²) in [5.74, 6) is 0.379. The van der Waals surface area contributed by atoms with E-state index in [1.807, 2.05) is 42.5 Å². The number of rotatable bonds is 7. The first-order chi connectivity index (χ1) is 15.5. The fourth-order valence-corrected chi connectivity index (χ4v) is 5.45. The minimum Gasteiger partial charge on any atom is -0.496 e. The Bertz CT molecular complexity index is 1200. The fraction of sp³-hybridized carbons (Fsp3) is 0.240. The van der Waals surface area contributed by atoms with Gasteiger partial charge in [0.2, 0.25) is 10.0 Å². The largest absolute Gasteiger partial charge is 0.496 e. The first-order valence-corrected chi connectivity index (χ1v) is 12.0. The van der Waals surface area contributed by atoms with Gasteiger partial charge in [-0.05, 0) is 54.8 Å². The third-order valence-electron chi connectivity index (χ3n) is 5.57. The van der Waals surface area contributed by atoms with Crippen molar-refractivity contribution in [1.29, 1.82) is 0 Å². The summed E-state index contributed by atoms with van der Waals surface area (Å²) in [6, 6.07) is 21.7. The number of ether oxygens (including phenoxy) is 1. The zero-order valence-electron chi connectivity index (χ0n) is 18.0. The molecule has 0 atom stereocenters. The second-order valence-corrected chi connectivity index (χ2v) is 9.72. The molecule has 1 aliphatic rings. The molecule has 0 unspecified atom stereocenters. The number of sulfonamides is 1. The van der Waals surface area contributed by atoms with Crippen LogP contribution in [0.4, 0.5) is 5.69 Å². The second kappa shape index (κ2) is 9.54. The van der Waals surface area contributed by atoms with Crippen molar-refractivity contribution >= 4 is 21.6 Å². The third-order valence-corrected chi connectivity index (χ3v) is 7.47. The molecule has 3 aromatic carbocycles. The van der Waals surface area contributed by atoms with E-state index in [1.165, 1.54) is 16.4 Å². The van der Waals surface area contributed by atoms with E-state index in [1.54, 1.807) is 25.3 Å². The summed E-state index contributed by atoms with van der Waals surface area (Å²) in [4.78, 5) is 13.0. The number of hydrogen-bond acceptors (Lipinski definition) is 4. The lowest BCUT2D eigenvalue weighted by Gasteiger charge is -2.16. The SMILES string of the molecule is COc1ccc(NC(=O)c2cccc(S(=O)(=O)N3CCCC3)c2)cc1Cc1ccccc1. The van der Waals surface area contributed by atoms with E-state index in [0.29, 0.717) is 30.8 Å². The van der Waals surface area contributed by atoms with Crippen LogP contribution in [-0.2, 0) is 16.4 Å². The first-order valence-electron chi connectivity index (χ1n) is 10.6. The molecule has 32 heavy (non-hydrogen) atoms. The summed E-state index contributed by atoms with van der Waals surface area (Å²) in [6.45, 7) is 1.05. The van der Waals surface area contributed by atoms with Gasteiger partial charge in [0, 0.05) is 36.3 Å². The van der Waals surface area contributed by atoms with Crippen molar-refractivity contribution in [2.75, 3.05) is 25.5 Å². The molecule has 1 amide bonds. The summed E-state index contributed by atoms with van der Waals surface area (Å²) in [5, 5.41) is 2.88. The minimum atomic E-state index is -3.58. The van der Waals surface area contributed by atoms with Crippen LogP contribution in [0.1, 0.15) is 34.3 Å². The minimum absolute atomic E-state index is 0.145. The van der Waals surface area contributed by atoms with Crippen molar-refractivity contribution in [3.8, 4) is 5.75 Å². The number of carbonyl (C=O) groups excluding carboxylic acids is 1. The zero-order chi connectivity index (χ0) is 22.6. The Morgan fingerprint density at radius 3 is 2.44 bits per heavy atom. The van der Waals surface area contributed by atoms with Gasteiger partial charge in [-0.3, -0.25) is 4.79 Å². The number of anilines is 1. The van der Waals surface area contributed by atoms with Crippen LogP contribution in [0.3, 0.4) is 0 Å². The number of hydrogen-bond donors (Lipinski definition) is 1. The number of nitrogens with zero attached hydrogens (tertiary/aromatic N) is 1. The van der Waals surface area contributed by atoms with Crippen LogP contribution in [-0.4, -0.2) is 38.8 Å². The lowest BCUT2D eigenvalue weighted by molar-refractivity contribution is 0.102. The average molecular weight is 451 g/mol. The fourth-order valence-electron chi connectivity index (χ4n) is 3.89. The normalized spacial score (nSPS) is 14.3. The van der Waals surface area contributed by atoms with E-state index in [-0.39, 0.29) is 10.8 Å². The second-order valence-electron chi connectivity index (χ2n) is 7.78. The van der Waals surface area contributed by atoms with E-state index in [9.17, 15) is 13.2 Å². The van der Waals surface area contributed by atoms with E-state index in [4.69, 9.17) is 4.74 Å². The Hall–Kier alpha value is -3.16. The molecule has 6 nitrogen and oxygen atoms in total. The van der Waals surface area contributed by atoms with Gasteiger partial charge in [0.1, 0.15) is 5.75 Å². The highest BCUT2D eigenvalue weighted by atomic mass is 32.2. The molecule has 1 saturated heterocycles. The van der Waals surface area contributed by atoms with E-state index >= 15 is 0 Å².